The third kappa shape index (κ3) is 2.05. The lowest BCUT2D eigenvalue weighted by Crippen LogP contribution is -2.57. The molecule has 0 unspecified atom stereocenters. The number of hydrogen-bond acceptors (Lipinski definition) is 6. The Balaban J connectivity index is 2.13. The molecule has 1 N–H and O–H groups in total. The minimum Gasteiger partial charge on any atom is -0.465 e. The normalized spacial score (nSPS) is 30.4. The van der Waals surface area contributed by atoms with Gasteiger partial charge in [-0.05, 0) is 12.5 Å². The first-order valence-corrected chi connectivity index (χ1v) is 8.43. The Morgan fingerprint density at radius 3 is 2.65 bits per heavy atom. The summed E-state index contributed by atoms with van der Waals surface area (Å²) in [6, 6.07) is 9.63. The zero-order chi connectivity index (χ0) is 16.8. The van der Waals surface area contributed by atoms with Crippen LogP contribution >= 0.6 is 11.8 Å². The number of benzene rings is 1. The van der Waals surface area contributed by atoms with Gasteiger partial charge in [-0.3, -0.25) is 4.79 Å². The first kappa shape index (κ1) is 16.1. The van der Waals surface area contributed by atoms with Crippen molar-refractivity contribution in [3.05, 3.63) is 47.2 Å². The van der Waals surface area contributed by atoms with Gasteiger partial charge in [0.25, 0.3) is 0 Å². The van der Waals surface area contributed by atoms with E-state index in [1.165, 1.54) is 18.9 Å². The van der Waals surface area contributed by atoms with Crippen LogP contribution in [0.25, 0.3) is 0 Å². The average Bonchev–Trinajstić information content (AvgIpc) is 3.01. The number of hydrogen-bond donors (Lipinski definition) is 1. The number of thioether (sulfide) groups is 1. The molecule has 2 aliphatic rings. The SMILES string of the molecule is COC(=O)C1=C(C)N(C)[C@]2(C1=O)[C@H](O)CS[C@@H]2c1ccccc1. The Bertz CT molecular complexity index is 687. The zero-order valence-corrected chi connectivity index (χ0v) is 14.1. The van der Waals surface area contributed by atoms with Gasteiger partial charge in [0, 0.05) is 18.5 Å². The van der Waals surface area contributed by atoms with E-state index in [2.05, 4.69) is 0 Å². The molecular formula is C17H19NO4S. The monoisotopic (exact) mass is 333 g/mol. The van der Waals surface area contributed by atoms with Crippen molar-refractivity contribution in [3.8, 4) is 0 Å². The molecule has 3 rings (SSSR count). The van der Waals surface area contributed by atoms with Gasteiger partial charge in [-0.15, -0.1) is 11.8 Å². The highest BCUT2D eigenvalue weighted by molar-refractivity contribution is 8.00. The molecule has 1 aromatic carbocycles. The van der Waals surface area contributed by atoms with E-state index < -0.39 is 17.6 Å². The van der Waals surface area contributed by atoms with Crippen molar-refractivity contribution in [2.75, 3.05) is 19.9 Å². The fourth-order valence-corrected chi connectivity index (χ4v) is 5.22. The molecule has 3 atom stereocenters. The van der Waals surface area contributed by atoms with Crippen molar-refractivity contribution in [2.45, 2.75) is 23.8 Å². The van der Waals surface area contributed by atoms with E-state index in [4.69, 9.17) is 4.74 Å². The summed E-state index contributed by atoms with van der Waals surface area (Å²) in [5.41, 5.74) is 0.398. The van der Waals surface area contributed by atoms with E-state index in [9.17, 15) is 14.7 Å². The molecule has 2 aliphatic heterocycles. The molecule has 122 valence electrons. The molecular weight excluding hydrogens is 314 g/mol. The molecule has 1 spiro atoms. The van der Waals surface area contributed by atoms with Crippen LogP contribution in [0.3, 0.4) is 0 Å². The smallest absolute Gasteiger partial charge is 0.343 e. The Labute approximate surface area is 139 Å². The second-order valence-corrected chi connectivity index (χ2v) is 6.94. The van der Waals surface area contributed by atoms with Gasteiger partial charge >= 0.3 is 5.97 Å². The number of esters is 1. The van der Waals surface area contributed by atoms with Gasteiger partial charge in [0.05, 0.1) is 18.5 Å². The number of aliphatic hydroxyl groups excluding tert-OH is 1. The molecule has 0 bridgehead atoms. The molecule has 1 saturated heterocycles. The topological polar surface area (TPSA) is 66.8 Å². The van der Waals surface area contributed by atoms with E-state index in [1.54, 1.807) is 18.9 Å². The minimum absolute atomic E-state index is 0.0393. The van der Waals surface area contributed by atoms with Crippen molar-refractivity contribution in [2.24, 2.45) is 0 Å². The summed E-state index contributed by atoms with van der Waals surface area (Å²) in [4.78, 5) is 27.0. The maximum atomic E-state index is 13.2. The van der Waals surface area contributed by atoms with Crippen LogP contribution in [0.5, 0.6) is 0 Å². The van der Waals surface area contributed by atoms with Crippen LogP contribution in [-0.2, 0) is 14.3 Å². The summed E-state index contributed by atoms with van der Waals surface area (Å²) in [5.74, 6) is -0.556. The molecule has 0 radical (unpaired) electrons. The van der Waals surface area contributed by atoms with Gasteiger partial charge in [-0.2, -0.15) is 0 Å². The van der Waals surface area contributed by atoms with Crippen LogP contribution in [0.2, 0.25) is 0 Å². The lowest BCUT2D eigenvalue weighted by Gasteiger charge is -2.40. The van der Waals surface area contributed by atoms with Crippen LogP contribution in [0, 0.1) is 0 Å². The molecule has 0 saturated carbocycles. The predicted octanol–water partition coefficient (Wildman–Crippen LogP) is 1.54. The van der Waals surface area contributed by atoms with Crippen LogP contribution in [0.4, 0.5) is 0 Å². The first-order valence-electron chi connectivity index (χ1n) is 7.38. The Kier molecular flexibility index (Phi) is 3.98. The van der Waals surface area contributed by atoms with Crippen molar-refractivity contribution in [1.29, 1.82) is 0 Å². The zero-order valence-electron chi connectivity index (χ0n) is 13.3. The number of ether oxygens (including phenoxy) is 1. The number of methoxy groups -OCH3 is 1. The summed E-state index contributed by atoms with van der Waals surface area (Å²) < 4.78 is 4.77. The molecule has 2 heterocycles. The number of nitrogens with zero attached hydrogens (tertiary/aromatic N) is 1. The van der Waals surface area contributed by atoms with Gasteiger partial charge in [-0.25, -0.2) is 4.79 Å². The molecule has 1 aromatic rings. The number of rotatable bonds is 2. The molecule has 6 heteroatoms. The quantitative estimate of drug-likeness (QED) is 0.654. The number of allylic oxidation sites excluding steroid dienone is 1. The standard InChI is InChI=1S/C17H19NO4S/c1-10-13(16(21)22-3)14(20)17(18(10)2)12(19)9-23-15(17)11-7-5-4-6-8-11/h4-8,12,15,19H,9H2,1-3H3/t12-,15-,17+/m1/s1. The highest BCUT2D eigenvalue weighted by Gasteiger charge is 2.64. The molecule has 1 fully saturated rings. The van der Waals surface area contributed by atoms with Gasteiger partial charge < -0.3 is 14.7 Å². The summed E-state index contributed by atoms with van der Waals surface area (Å²) in [5, 5.41) is 10.4. The summed E-state index contributed by atoms with van der Waals surface area (Å²) in [6.07, 6.45) is -0.854. The number of likely N-dealkylation sites (N-methyl/N-ethyl adjacent to an activating group) is 1. The van der Waals surface area contributed by atoms with Gasteiger partial charge in [0.1, 0.15) is 11.1 Å². The molecule has 0 aromatic heterocycles. The number of Topliss-reactive ketones (excluding diaryl/α,β-unsaturated/α-hetero) is 1. The van der Waals surface area contributed by atoms with E-state index in [-0.39, 0.29) is 16.6 Å². The third-order valence-corrected chi connectivity index (χ3v) is 6.30. The third-order valence-electron chi connectivity index (χ3n) is 4.83. The molecule has 0 aliphatic carbocycles. The number of ketones is 1. The van der Waals surface area contributed by atoms with E-state index in [0.717, 1.165) is 5.56 Å². The molecule has 5 nitrogen and oxygen atoms in total. The van der Waals surface area contributed by atoms with Gasteiger partial charge in [0.15, 0.2) is 0 Å². The van der Waals surface area contributed by atoms with Crippen LogP contribution < -0.4 is 0 Å². The molecule has 0 amide bonds. The molecule has 23 heavy (non-hydrogen) atoms. The van der Waals surface area contributed by atoms with Crippen molar-refractivity contribution in [1.82, 2.24) is 4.90 Å². The predicted molar refractivity (Wildman–Crippen MR) is 87.9 cm³/mol. The number of carbonyl (C=O) groups excluding carboxylic acids is 2. The second kappa shape index (κ2) is 5.69. The maximum absolute atomic E-state index is 13.2. The van der Waals surface area contributed by atoms with Crippen molar-refractivity contribution >= 4 is 23.5 Å². The average molecular weight is 333 g/mol. The Hall–Kier alpha value is -1.79. The fraction of sp³-hybridized carbons (Fsp3) is 0.412. The van der Waals surface area contributed by atoms with Crippen LogP contribution in [-0.4, -0.2) is 53.3 Å². The van der Waals surface area contributed by atoms with E-state index >= 15 is 0 Å². The van der Waals surface area contributed by atoms with E-state index in [0.29, 0.717) is 11.4 Å². The Morgan fingerprint density at radius 1 is 1.39 bits per heavy atom. The van der Waals surface area contributed by atoms with Crippen molar-refractivity contribution < 1.29 is 19.4 Å². The summed E-state index contributed by atoms with van der Waals surface area (Å²) in [6.45, 7) is 1.72. The minimum atomic E-state index is -1.15. The summed E-state index contributed by atoms with van der Waals surface area (Å²) in [7, 11) is 3.02. The second-order valence-electron chi connectivity index (χ2n) is 5.81. The first-order chi connectivity index (χ1) is 11.0. The maximum Gasteiger partial charge on any atom is 0.343 e. The number of carbonyl (C=O) groups is 2. The highest BCUT2D eigenvalue weighted by atomic mass is 32.2. The van der Waals surface area contributed by atoms with E-state index in [1.807, 2.05) is 30.3 Å². The lowest BCUT2D eigenvalue weighted by atomic mass is 9.80. The Morgan fingerprint density at radius 2 is 2.04 bits per heavy atom. The van der Waals surface area contributed by atoms with Crippen molar-refractivity contribution in [3.63, 3.8) is 0 Å². The lowest BCUT2D eigenvalue weighted by molar-refractivity contribution is -0.139. The van der Waals surface area contributed by atoms with Crippen LogP contribution in [0.1, 0.15) is 17.7 Å². The fourth-order valence-electron chi connectivity index (χ4n) is 3.57. The number of aliphatic hydroxyl groups is 1. The van der Waals surface area contributed by atoms with Gasteiger partial charge in [0.2, 0.25) is 5.78 Å². The summed E-state index contributed by atoms with van der Waals surface area (Å²) >= 11 is 1.54. The highest BCUT2D eigenvalue weighted by Crippen LogP contribution is 2.55. The van der Waals surface area contributed by atoms with Gasteiger partial charge in [-0.1, -0.05) is 30.3 Å². The largest absolute Gasteiger partial charge is 0.465 e. The van der Waals surface area contributed by atoms with Crippen LogP contribution in [0.15, 0.2) is 41.6 Å².